The Bertz CT molecular complexity index is 1600. The molecule has 5 heterocycles. The lowest BCUT2D eigenvalue weighted by Gasteiger charge is -2.33. The van der Waals surface area contributed by atoms with Crippen molar-refractivity contribution in [1.82, 2.24) is 30.1 Å². The molecule has 14 heteroatoms. The van der Waals surface area contributed by atoms with Crippen molar-refractivity contribution >= 4 is 35.2 Å². The first-order valence-corrected chi connectivity index (χ1v) is 15.9. The van der Waals surface area contributed by atoms with Crippen LogP contribution in [0.15, 0.2) is 36.5 Å². The smallest absolute Gasteiger partial charge is 0.255 e. The first-order valence-electron chi connectivity index (χ1n) is 15.5. The highest BCUT2D eigenvalue weighted by Gasteiger charge is 2.35. The van der Waals surface area contributed by atoms with Crippen molar-refractivity contribution in [2.24, 2.45) is 0 Å². The molecule has 3 aliphatic rings. The average molecular weight is 653 g/mol. The van der Waals surface area contributed by atoms with Gasteiger partial charge in [0.15, 0.2) is 0 Å². The van der Waals surface area contributed by atoms with E-state index in [9.17, 15) is 19.1 Å². The number of pyridine rings is 1. The molecule has 0 spiro atoms. The molecule has 244 valence electrons. The van der Waals surface area contributed by atoms with Crippen molar-refractivity contribution in [1.29, 1.82) is 0 Å². The quantitative estimate of drug-likeness (QED) is 0.317. The lowest BCUT2D eigenvalue weighted by molar-refractivity contribution is -0.126. The lowest BCUT2D eigenvalue weighted by Crippen LogP contribution is -2.47. The number of hydrogen-bond donors (Lipinski definition) is 3. The van der Waals surface area contributed by atoms with Crippen molar-refractivity contribution in [2.45, 2.75) is 44.4 Å². The van der Waals surface area contributed by atoms with Gasteiger partial charge in [0.05, 0.1) is 29.6 Å². The van der Waals surface area contributed by atoms with E-state index in [2.05, 4.69) is 30.5 Å². The maximum absolute atomic E-state index is 14.9. The second kappa shape index (κ2) is 13.8. The van der Waals surface area contributed by atoms with Crippen LogP contribution in [0.1, 0.15) is 47.4 Å². The van der Waals surface area contributed by atoms with Crippen LogP contribution in [-0.2, 0) is 16.1 Å². The highest BCUT2D eigenvalue weighted by molar-refractivity contribution is 6.33. The minimum atomic E-state index is -1.09. The Labute approximate surface area is 271 Å². The van der Waals surface area contributed by atoms with Gasteiger partial charge in [-0.25, -0.2) is 19.3 Å². The van der Waals surface area contributed by atoms with Crippen LogP contribution >= 0.6 is 11.6 Å². The predicted molar refractivity (Wildman–Crippen MR) is 171 cm³/mol. The van der Waals surface area contributed by atoms with Crippen LogP contribution in [0, 0.1) is 5.82 Å². The number of ether oxygens (including phenoxy) is 1. The molecule has 2 saturated heterocycles. The third-order valence-electron chi connectivity index (χ3n) is 8.88. The number of likely N-dealkylation sites (N-methyl/N-ethyl adjacent to an activating group) is 1. The molecule has 46 heavy (non-hydrogen) atoms. The van der Waals surface area contributed by atoms with E-state index in [1.54, 1.807) is 19.1 Å². The monoisotopic (exact) mass is 652 g/mol. The number of piperazine rings is 1. The Morgan fingerprint density at radius 1 is 1.15 bits per heavy atom. The molecule has 2 atom stereocenters. The molecule has 6 rings (SSSR count). The van der Waals surface area contributed by atoms with Gasteiger partial charge in [-0.3, -0.25) is 9.59 Å². The Hall–Kier alpha value is -3.91. The van der Waals surface area contributed by atoms with Gasteiger partial charge in [-0.15, -0.1) is 0 Å². The molecular formula is C32H38ClFN8O4. The van der Waals surface area contributed by atoms with Gasteiger partial charge in [-0.1, -0.05) is 23.7 Å². The summed E-state index contributed by atoms with van der Waals surface area (Å²) in [5, 5.41) is 16.5. The van der Waals surface area contributed by atoms with Gasteiger partial charge in [0.25, 0.3) is 5.91 Å². The summed E-state index contributed by atoms with van der Waals surface area (Å²) < 4.78 is 20.4. The standard InChI is InChI=1S/C32H38ClFN8O4/c1-19(30(44)37-26(18-43)29-25(34)5-6-27(38-29)41-11-9-40(2)10-12-41)42-17-21-4-3-20(15-23(21)31(42)45)28-24(33)16-35-32(39-28)36-22-7-13-46-14-8-22/h3-6,15-16,19,22,26,43H,7-14,17-18H2,1-2H3,(H,37,44)(H,35,36,39)/t19-,26-/m1/s1. The first kappa shape index (κ1) is 32.0. The largest absolute Gasteiger partial charge is 0.394 e. The molecule has 12 nitrogen and oxygen atoms in total. The molecule has 2 aromatic heterocycles. The number of fused-ring (bicyclic) bond motifs is 1. The van der Waals surface area contributed by atoms with Crippen LogP contribution in [0.4, 0.5) is 16.2 Å². The highest BCUT2D eigenvalue weighted by Crippen LogP contribution is 2.33. The summed E-state index contributed by atoms with van der Waals surface area (Å²) in [6.07, 6.45) is 3.24. The number of amides is 2. The topological polar surface area (TPSA) is 136 Å². The minimum Gasteiger partial charge on any atom is -0.394 e. The Kier molecular flexibility index (Phi) is 9.64. The maximum atomic E-state index is 14.9. The van der Waals surface area contributed by atoms with Crippen LogP contribution in [0.5, 0.6) is 0 Å². The van der Waals surface area contributed by atoms with E-state index in [1.165, 1.54) is 17.2 Å². The van der Waals surface area contributed by atoms with Crippen LogP contribution < -0.4 is 15.5 Å². The fourth-order valence-electron chi connectivity index (χ4n) is 5.98. The zero-order chi connectivity index (χ0) is 32.4. The minimum absolute atomic E-state index is 0.0486. The van der Waals surface area contributed by atoms with Crippen molar-refractivity contribution in [3.05, 3.63) is 64.2 Å². The zero-order valence-corrected chi connectivity index (χ0v) is 26.6. The number of nitrogens with zero attached hydrogens (tertiary/aromatic N) is 6. The van der Waals surface area contributed by atoms with E-state index >= 15 is 0 Å². The first-order chi connectivity index (χ1) is 22.2. The van der Waals surface area contributed by atoms with E-state index in [4.69, 9.17) is 16.3 Å². The van der Waals surface area contributed by atoms with Crippen LogP contribution in [0.2, 0.25) is 5.02 Å². The zero-order valence-electron chi connectivity index (χ0n) is 25.9. The van der Waals surface area contributed by atoms with Crippen molar-refractivity contribution in [3.8, 4) is 11.3 Å². The average Bonchev–Trinajstić information content (AvgIpc) is 3.40. The summed E-state index contributed by atoms with van der Waals surface area (Å²) in [4.78, 5) is 46.1. The fourth-order valence-corrected chi connectivity index (χ4v) is 6.18. The molecule has 3 aromatic rings. The number of aliphatic hydroxyl groups is 1. The van der Waals surface area contributed by atoms with Gasteiger partial charge in [0, 0.05) is 63.1 Å². The Morgan fingerprint density at radius 2 is 1.91 bits per heavy atom. The molecule has 0 bridgehead atoms. The summed E-state index contributed by atoms with van der Waals surface area (Å²) in [5.74, 6) is -0.456. The van der Waals surface area contributed by atoms with Gasteiger partial charge >= 0.3 is 0 Å². The third kappa shape index (κ3) is 6.77. The van der Waals surface area contributed by atoms with E-state index in [0.29, 0.717) is 46.8 Å². The van der Waals surface area contributed by atoms with E-state index in [-0.39, 0.29) is 24.2 Å². The van der Waals surface area contributed by atoms with E-state index in [0.717, 1.165) is 44.6 Å². The van der Waals surface area contributed by atoms with Gasteiger partial charge in [-0.2, -0.15) is 0 Å². The molecule has 2 amide bonds. The third-order valence-corrected chi connectivity index (χ3v) is 9.15. The molecule has 0 aliphatic carbocycles. The fraction of sp³-hybridized carbons (Fsp3) is 0.469. The van der Waals surface area contributed by atoms with Crippen LogP contribution in [-0.4, -0.2) is 107 Å². The number of anilines is 2. The molecular weight excluding hydrogens is 615 g/mol. The number of carbonyl (C=O) groups excluding carboxylic acids is 2. The Balaban J connectivity index is 1.15. The number of aromatic nitrogens is 3. The van der Waals surface area contributed by atoms with Crippen LogP contribution in [0.3, 0.4) is 0 Å². The number of aliphatic hydroxyl groups excluding tert-OH is 1. The number of benzene rings is 1. The van der Waals surface area contributed by atoms with Crippen LogP contribution in [0.25, 0.3) is 11.3 Å². The van der Waals surface area contributed by atoms with Gasteiger partial charge < -0.3 is 35.2 Å². The van der Waals surface area contributed by atoms with E-state index < -0.39 is 30.4 Å². The molecule has 3 aliphatic heterocycles. The van der Waals surface area contributed by atoms with Crippen molar-refractivity contribution in [3.63, 3.8) is 0 Å². The summed E-state index contributed by atoms with van der Waals surface area (Å²) in [6, 6.07) is 6.53. The highest BCUT2D eigenvalue weighted by atomic mass is 35.5. The van der Waals surface area contributed by atoms with Gasteiger partial charge in [0.2, 0.25) is 11.9 Å². The Morgan fingerprint density at radius 3 is 2.65 bits per heavy atom. The number of halogens is 2. The summed E-state index contributed by atoms with van der Waals surface area (Å²) in [5.41, 5.74) is 2.29. The molecule has 2 fully saturated rings. The predicted octanol–water partition coefficient (Wildman–Crippen LogP) is 2.87. The number of carbonyl (C=O) groups is 2. The van der Waals surface area contributed by atoms with Gasteiger partial charge in [-0.05, 0) is 50.6 Å². The lowest BCUT2D eigenvalue weighted by atomic mass is 10.0. The second-order valence-electron chi connectivity index (χ2n) is 12.0. The van der Waals surface area contributed by atoms with Crippen molar-refractivity contribution in [2.75, 3.05) is 63.3 Å². The second-order valence-corrected chi connectivity index (χ2v) is 12.4. The molecule has 0 saturated carbocycles. The normalized spacial score (nSPS) is 18.8. The SMILES string of the molecule is C[C@H](C(=O)N[C@H](CO)c1nc(N2CCN(C)CC2)ccc1F)N1Cc2ccc(-c3nc(NC4CCOCC4)ncc3Cl)cc2C1=O. The summed E-state index contributed by atoms with van der Waals surface area (Å²) >= 11 is 6.49. The van der Waals surface area contributed by atoms with Crippen molar-refractivity contribution < 1.29 is 23.8 Å². The molecule has 0 radical (unpaired) electrons. The maximum Gasteiger partial charge on any atom is 0.255 e. The number of rotatable bonds is 9. The summed E-state index contributed by atoms with van der Waals surface area (Å²) in [7, 11) is 2.04. The van der Waals surface area contributed by atoms with E-state index in [1.807, 2.05) is 24.1 Å². The molecule has 0 unspecified atom stereocenters. The van der Waals surface area contributed by atoms with Gasteiger partial charge in [0.1, 0.15) is 23.4 Å². The summed E-state index contributed by atoms with van der Waals surface area (Å²) in [6.45, 7) is 5.78. The molecule has 1 aromatic carbocycles. The number of nitrogens with one attached hydrogen (secondary N) is 2. The molecule has 3 N–H and O–H groups in total. The number of hydrogen-bond acceptors (Lipinski definition) is 10.